The standard InChI is InChI=1S/C27H37NO4S/c1-19(2)22-9-7-21(8-10-22)17-28(24-15-16-33(30,31)18-24)26(29)20(3)32-25-13-11-23(12-14-25)27(4,5)6/h7-14,19-20,24H,15-18H2,1-6H3. The van der Waals surface area contributed by atoms with E-state index in [0.717, 1.165) is 5.56 Å². The van der Waals surface area contributed by atoms with Crippen LogP contribution in [0.25, 0.3) is 0 Å². The summed E-state index contributed by atoms with van der Waals surface area (Å²) < 4.78 is 30.3. The summed E-state index contributed by atoms with van der Waals surface area (Å²) in [6, 6.07) is 15.7. The van der Waals surface area contributed by atoms with E-state index in [1.165, 1.54) is 11.1 Å². The molecule has 33 heavy (non-hydrogen) atoms. The number of sulfone groups is 1. The third kappa shape index (κ3) is 6.59. The quantitative estimate of drug-likeness (QED) is 0.564. The van der Waals surface area contributed by atoms with Crippen molar-refractivity contribution in [3.05, 3.63) is 65.2 Å². The number of hydrogen-bond donors (Lipinski definition) is 0. The molecule has 1 aliphatic rings. The van der Waals surface area contributed by atoms with Gasteiger partial charge in [0, 0.05) is 12.6 Å². The molecule has 0 spiro atoms. The largest absolute Gasteiger partial charge is 0.481 e. The molecule has 1 aliphatic heterocycles. The normalized spacial score (nSPS) is 18.8. The van der Waals surface area contributed by atoms with E-state index in [2.05, 4.69) is 46.8 Å². The maximum absolute atomic E-state index is 13.5. The number of hydrogen-bond acceptors (Lipinski definition) is 4. The predicted molar refractivity (Wildman–Crippen MR) is 133 cm³/mol. The molecule has 1 heterocycles. The average Bonchev–Trinajstić information content (AvgIpc) is 3.11. The van der Waals surface area contributed by atoms with Crippen LogP contribution in [0.4, 0.5) is 0 Å². The van der Waals surface area contributed by atoms with Crippen LogP contribution < -0.4 is 4.74 Å². The fourth-order valence-corrected chi connectivity index (χ4v) is 5.87. The molecular formula is C27H37NO4S. The second kappa shape index (κ2) is 9.88. The average molecular weight is 472 g/mol. The molecule has 0 bridgehead atoms. The van der Waals surface area contributed by atoms with Crippen LogP contribution in [0, 0.1) is 0 Å². The van der Waals surface area contributed by atoms with Crippen molar-refractivity contribution in [1.82, 2.24) is 4.90 Å². The van der Waals surface area contributed by atoms with Crippen molar-refractivity contribution >= 4 is 15.7 Å². The third-order valence-corrected chi connectivity index (χ3v) is 8.06. The van der Waals surface area contributed by atoms with Crippen LogP contribution in [0.2, 0.25) is 0 Å². The highest BCUT2D eigenvalue weighted by atomic mass is 32.2. The van der Waals surface area contributed by atoms with Crippen LogP contribution in [0.1, 0.15) is 70.6 Å². The minimum atomic E-state index is -3.12. The molecule has 6 heteroatoms. The summed E-state index contributed by atoms with van der Waals surface area (Å²) in [5, 5.41) is 0. The highest BCUT2D eigenvalue weighted by molar-refractivity contribution is 7.91. The molecule has 0 radical (unpaired) electrons. The SMILES string of the molecule is CC(Oc1ccc(C(C)(C)C)cc1)C(=O)N(Cc1ccc(C(C)C)cc1)C1CCS(=O)(=O)C1. The van der Waals surface area contributed by atoms with Gasteiger partial charge in [-0.2, -0.15) is 0 Å². The van der Waals surface area contributed by atoms with Gasteiger partial charge in [0.1, 0.15) is 5.75 Å². The van der Waals surface area contributed by atoms with Crippen molar-refractivity contribution in [1.29, 1.82) is 0 Å². The Morgan fingerprint density at radius 2 is 1.64 bits per heavy atom. The molecule has 1 amide bonds. The first-order chi connectivity index (χ1) is 15.4. The Labute approximate surface area is 199 Å². The van der Waals surface area contributed by atoms with Gasteiger partial charge in [0.25, 0.3) is 5.91 Å². The van der Waals surface area contributed by atoms with Crippen LogP contribution in [0.5, 0.6) is 5.75 Å². The van der Waals surface area contributed by atoms with Crippen molar-refractivity contribution in [2.45, 2.75) is 78.0 Å². The van der Waals surface area contributed by atoms with Gasteiger partial charge in [0.2, 0.25) is 0 Å². The summed E-state index contributed by atoms with van der Waals surface area (Å²) in [6.07, 6.45) is -0.255. The molecular weight excluding hydrogens is 434 g/mol. The lowest BCUT2D eigenvalue weighted by molar-refractivity contribution is -0.140. The smallest absolute Gasteiger partial charge is 0.263 e. The van der Waals surface area contributed by atoms with Gasteiger partial charge in [-0.15, -0.1) is 0 Å². The van der Waals surface area contributed by atoms with E-state index in [1.54, 1.807) is 11.8 Å². The molecule has 0 N–H and O–H groups in total. The van der Waals surface area contributed by atoms with E-state index in [4.69, 9.17) is 4.74 Å². The highest BCUT2D eigenvalue weighted by Crippen LogP contribution is 2.26. The van der Waals surface area contributed by atoms with Crippen molar-refractivity contribution in [3.63, 3.8) is 0 Å². The molecule has 0 aromatic heterocycles. The van der Waals surface area contributed by atoms with Gasteiger partial charge in [-0.3, -0.25) is 4.79 Å². The number of benzene rings is 2. The fraction of sp³-hybridized carbons (Fsp3) is 0.519. The number of amides is 1. The van der Waals surface area contributed by atoms with E-state index in [9.17, 15) is 13.2 Å². The van der Waals surface area contributed by atoms with Gasteiger partial charge in [0.15, 0.2) is 15.9 Å². The van der Waals surface area contributed by atoms with Crippen molar-refractivity contribution in [2.75, 3.05) is 11.5 Å². The minimum absolute atomic E-state index is 0.00974. The molecule has 5 nitrogen and oxygen atoms in total. The molecule has 0 aliphatic carbocycles. The summed E-state index contributed by atoms with van der Waals surface area (Å²) in [5.41, 5.74) is 3.45. The Morgan fingerprint density at radius 1 is 1.03 bits per heavy atom. The molecule has 2 atom stereocenters. The number of ether oxygens (including phenoxy) is 1. The van der Waals surface area contributed by atoms with Gasteiger partial charge >= 0.3 is 0 Å². The second-order valence-electron chi connectivity index (χ2n) is 10.5. The topological polar surface area (TPSA) is 63.7 Å². The van der Waals surface area contributed by atoms with Crippen LogP contribution in [-0.2, 0) is 26.6 Å². The zero-order chi connectivity index (χ0) is 24.4. The fourth-order valence-electron chi connectivity index (χ4n) is 4.13. The van der Waals surface area contributed by atoms with Crippen molar-refractivity contribution < 1.29 is 17.9 Å². The van der Waals surface area contributed by atoms with E-state index in [1.807, 2.05) is 36.4 Å². The Bertz CT molecular complexity index is 1050. The first-order valence-corrected chi connectivity index (χ1v) is 13.5. The number of nitrogens with zero attached hydrogens (tertiary/aromatic N) is 1. The van der Waals surface area contributed by atoms with Crippen LogP contribution in [-0.4, -0.2) is 42.9 Å². The summed E-state index contributed by atoms with van der Waals surface area (Å²) in [7, 11) is -3.12. The van der Waals surface area contributed by atoms with Gasteiger partial charge in [-0.05, 0) is 53.5 Å². The number of carbonyl (C=O) groups is 1. The molecule has 0 saturated carbocycles. The van der Waals surface area contributed by atoms with E-state index in [-0.39, 0.29) is 28.9 Å². The third-order valence-electron chi connectivity index (χ3n) is 6.31. The monoisotopic (exact) mass is 471 g/mol. The molecule has 2 unspecified atom stereocenters. The summed E-state index contributed by atoms with van der Waals surface area (Å²) in [5.74, 6) is 0.997. The van der Waals surface area contributed by atoms with Crippen LogP contribution in [0.3, 0.4) is 0 Å². The molecule has 1 fully saturated rings. The van der Waals surface area contributed by atoms with Gasteiger partial charge in [0.05, 0.1) is 11.5 Å². The Balaban J connectivity index is 1.78. The van der Waals surface area contributed by atoms with E-state index < -0.39 is 15.9 Å². The maximum atomic E-state index is 13.5. The zero-order valence-corrected chi connectivity index (χ0v) is 21.5. The molecule has 2 aromatic rings. The lowest BCUT2D eigenvalue weighted by Gasteiger charge is -2.31. The summed E-state index contributed by atoms with van der Waals surface area (Å²) in [4.78, 5) is 15.2. The van der Waals surface area contributed by atoms with Crippen LogP contribution in [0.15, 0.2) is 48.5 Å². The molecule has 3 rings (SSSR count). The van der Waals surface area contributed by atoms with Gasteiger partial charge in [-0.25, -0.2) is 8.42 Å². The molecule has 1 saturated heterocycles. The zero-order valence-electron chi connectivity index (χ0n) is 20.7. The second-order valence-corrected chi connectivity index (χ2v) is 12.7. The van der Waals surface area contributed by atoms with Gasteiger partial charge in [-0.1, -0.05) is 71.0 Å². The lowest BCUT2D eigenvalue weighted by Crippen LogP contribution is -2.46. The minimum Gasteiger partial charge on any atom is -0.481 e. The van der Waals surface area contributed by atoms with Crippen molar-refractivity contribution in [2.24, 2.45) is 0 Å². The van der Waals surface area contributed by atoms with E-state index in [0.29, 0.717) is 24.6 Å². The number of carbonyl (C=O) groups excluding carboxylic acids is 1. The number of rotatable bonds is 7. The first-order valence-electron chi connectivity index (χ1n) is 11.7. The molecule has 180 valence electrons. The Morgan fingerprint density at radius 3 is 2.12 bits per heavy atom. The lowest BCUT2D eigenvalue weighted by atomic mass is 9.87. The summed E-state index contributed by atoms with van der Waals surface area (Å²) >= 11 is 0. The van der Waals surface area contributed by atoms with Crippen LogP contribution >= 0.6 is 0 Å². The first kappa shape index (κ1) is 25.3. The maximum Gasteiger partial charge on any atom is 0.263 e. The summed E-state index contributed by atoms with van der Waals surface area (Å²) in [6.45, 7) is 12.8. The predicted octanol–water partition coefficient (Wildman–Crippen LogP) is 5.09. The Hall–Kier alpha value is -2.34. The Kier molecular flexibility index (Phi) is 7.57. The van der Waals surface area contributed by atoms with Crippen molar-refractivity contribution in [3.8, 4) is 5.75 Å². The highest BCUT2D eigenvalue weighted by Gasteiger charge is 2.36. The van der Waals surface area contributed by atoms with E-state index >= 15 is 0 Å². The van der Waals surface area contributed by atoms with Gasteiger partial charge < -0.3 is 9.64 Å². The molecule has 2 aromatic carbocycles.